The molecule has 0 heterocycles. The lowest BCUT2D eigenvalue weighted by Crippen LogP contribution is -1.98. The SMILES string of the molecule is CC(O)CCCCCCc1ccc2ccccc2c1. The van der Waals surface area contributed by atoms with E-state index in [1.54, 1.807) is 0 Å². The van der Waals surface area contributed by atoms with Crippen LogP contribution < -0.4 is 0 Å². The van der Waals surface area contributed by atoms with Gasteiger partial charge >= 0.3 is 0 Å². The summed E-state index contributed by atoms with van der Waals surface area (Å²) in [5.41, 5.74) is 1.44. The zero-order valence-electron chi connectivity index (χ0n) is 11.8. The van der Waals surface area contributed by atoms with Gasteiger partial charge in [-0.25, -0.2) is 0 Å². The normalized spacial score (nSPS) is 12.7. The Hall–Kier alpha value is -1.34. The average Bonchev–Trinajstić information content (AvgIpc) is 2.42. The molecular weight excluding hydrogens is 232 g/mol. The van der Waals surface area contributed by atoms with Gasteiger partial charge < -0.3 is 5.11 Å². The van der Waals surface area contributed by atoms with Crippen LogP contribution in [0, 0.1) is 0 Å². The number of aryl methyl sites for hydroxylation is 1. The molecule has 102 valence electrons. The second-order valence-electron chi connectivity index (χ2n) is 5.48. The fraction of sp³-hybridized carbons (Fsp3) is 0.444. The Balaban J connectivity index is 1.75. The summed E-state index contributed by atoms with van der Waals surface area (Å²) in [6, 6.07) is 15.3. The van der Waals surface area contributed by atoms with Crippen LogP contribution in [-0.2, 0) is 6.42 Å². The second-order valence-corrected chi connectivity index (χ2v) is 5.48. The molecule has 1 N–H and O–H groups in total. The first kappa shape index (κ1) is 14.1. The van der Waals surface area contributed by atoms with Crippen molar-refractivity contribution < 1.29 is 5.11 Å². The fourth-order valence-electron chi connectivity index (χ4n) is 2.52. The van der Waals surface area contributed by atoms with Crippen molar-refractivity contribution in [3.63, 3.8) is 0 Å². The van der Waals surface area contributed by atoms with Gasteiger partial charge in [0.1, 0.15) is 0 Å². The molecule has 0 aliphatic carbocycles. The van der Waals surface area contributed by atoms with Gasteiger partial charge in [0.15, 0.2) is 0 Å². The third kappa shape index (κ3) is 4.68. The summed E-state index contributed by atoms with van der Waals surface area (Å²) < 4.78 is 0. The Kier molecular flexibility index (Phi) is 5.41. The maximum Gasteiger partial charge on any atom is 0.0512 e. The van der Waals surface area contributed by atoms with E-state index in [4.69, 9.17) is 0 Å². The quantitative estimate of drug-likeness (QED) is 0.711. The van der Waals surface area contributed by atoms with Crippen molar-refractivity contribution in [1.29, 1.82) is 0 Å². The number of fused-ring (bicyclic) bond motifs is 1. The molecular formula is C18H24O. The van der Waals surface area contributed by atoms with Gasteiger partial charge in [-0.2, -0.15) is 0 Å². The molecule has 2 aromatic carbocycles. The molecule has 0 bridgehead atoms. The van der Waals surface area contributed by atoms with Gasteiger partial charge in [0, 0.05) is 0 Å². The summed E-state index contributed by atoms with van der Waals surface area (Å²) in [4.78, 5) is 0. The van der Waals surface area contributed by atoms with E-state index in [2.05, 4.69) is 42.5 Å². The number of unbranched alkanes of at least 4 members (excludes halogenated alkanes) is 3. The first-order valence-corrected chi connectivity index (χ1v) is 7.41. The minimum atomic E-state index is -0.138. The van der Waals surface area contributed by atoms with Crippen molar-refractivity contribution in [1.82, 2.24) is 0 Å². The number of rotatable bonds is 7. The van der Waals surface area contributed by atoms with Crippen molar-refractivity contribution in [3.05, 3.63) is 48.0 Å². The first-order chi connectivity index (χ1) is 9.25. The summed E-state index contributed by atoms with van der Waals surface area (Å²) in [5.74, 6) is 0. The zero-order valence-corrected chi connectivity index (χ0v) is 11.8. The van der Waals surface area contributed by atoms with Crippen LogP contribution in [0.25, 0.3) is 10.8 Å². The molecule has 1 unspecified atom stereocenters. The molecule has 0 amide bonds. The predicted octanol–water partition coefficient (Wildman–Crippen LogP) is 4.71. The van der Waals surface area contributed by atoms with Crippen LogP contribution in [-0.4, -0.2) is 11.2 Å². The van der Waals surface area contributed by atoms with Crippen molar-refractivity contribution in [2.45, 2.75) is 51.6 Å². The first-order valence-electron chi connectivity index (χ1n) is 7.41. The molecule has 0 aliphatic heterocycles. The predicted molar refractivity (Wildman–Crippen MR) is 82.4 cm³/mol. The minimum absolute atomic E-state index is 0.138. The average molecular weight is 256 g/mol. The van der Waals surface area contributed by atoms with Crippen molar-refractivity contribution in [2.75, 3.05) is 0 Å². The van der Waals surface area contributed by atoms with Crippen LogP contribution in [0.3, 0.4) is 0 Å². The number of hydrogen-bond acceptors (Lipinski definition) is 1. The highest BCUT2D eigenvalue weighted by atomic mass is 16.3. The summed E-state index contributed by atoms with van der Waals surface area (Å²) in [6.45, 7) is 1.87. The zero-order chi connectivity index (χ0) is 13.5. The molecule has 0 saturated heterocycles. The summed E-state index contributed by atoms with van der Waals surface area (Å²) in [5, 5.41) is 11.9. The van der Waals surface area contributed by atoms with Crippen LogP contribution in [0.2, 0.25) is 0 Å². The third-order valence-electron chi connectivity index (χ3n) is 3.65. The second kappa shape index (κ2) is 7.30. The number of aliphatic hydroxyl groups is 1. The van der Waals surface area contributed by atoms with Gasteiger partial charge in [-0.1, -0.05) is 61.7 Å². The van der Waals surface area contributed by atoms with Crippen LogP contribution in [0.5, 0.6) is 0 Å². The molecule has 0 aromatic heterocycles. The molecule has 0 saturated carbocycles. The highest BCUT2D eigenvalue weighted by molar-refractivity contribution is 5.82. The van der Waals surface area contributed by atoms with Gasteiger partial charge in [-0.15, -0.1) is 0 Å². The minimum Gasteiger partial charge on any atom is -0.393 e. The Morgan fingerprint density at radius 3 is 2.42 bits per heavy atom. The maximum absolute atomic E-state index is 9.19. The highest BCUT2D eigenvalue weighted by Gasteiger charge is 1.98. The summed E-state index contributed by atoms with van der Waals surface area (Å²) in [6.07, 6.45) is 6.86. The van der Waals surface area contributed by atoms with Crippen LogP contribution in [0.1, 0.15) is 44.6 Å². The van der Waals surface area contributed by atoms with Gasteiger partial charge in [-0.05, 0) is 42.5 Å². The van der Waals surface area contributed by atoms with Crippen molar-refractivity contribution in [3.8, 4) is 0 Å². The van der Waals surface area contributed by atoms with Crippen LogP contribution in [0.15, 0.2) is 42.5 Å². The van der Waals surface area contributed by atoms with Gasteiger partial charge in [0.25, 0.3) is 0 Å². The van der Waals surface area contributed by atoms with Crippen molar-refractivity contribution >= 4 is 10.8 Å². The molecule has 0 aliphatic rings. The van der Waals surface area contributed by atoms with E-state index < -0.39 is 0 Å². The standard InChI is InChI=1S/C18H24O/c1-15(19)8-4-2-3-5-9-16-12-13-17-10-6-7-11-18(17)14-16/h6-7,10-15,19H,2-5,8-9H2,1H3. The number of benzene rings is 2. The summed E-state index contributed by atoms with van der Waals surface area (Å²) >= 11 is 0. The lowest BCUT2D eigenvalue weighted by atomic mass is 10.0. The van der Waals surface area contributed by atoms with Gasteiger partial charge in [0.2, 0.25) is 0 Å². The topological polar surface area (TPSA) is 20.2 Å². The number of hydrogen-bond donors (Lipinski definition) is 1. The van der Waals surface area contributed by atoms with E-state index in [0.29, 0.717) is 0 Å². The van der Waals surface area contributed by atoms with Gasteiger partial charge in [0.05, 0.1) is 6.10 Å². The van der Waals surface area contributed by atoms with Crippen LogP contribution in [0.4, 0.5) is 0 Å². The maximum atomic E-state index is 9.19. The van der Waals surface area contributed by atoms with E-state index in [1.165, 1.54) is 42.0 Å². The van der Waals surface area contributed by atoms with E-state index in [1.807, 2.05) is 6.92 Å². The van der Waals surface area contributed by atoms with E-state index >= 15 is 0 Å². The Bertz CT molecular complexity index is 502. The van der Waals surface area contributed by atoms with E-state index in [-0.39, 0.29) is 6.10 Å². The van der Waals surface area contributed by atoms with Crippen LogP contribution >= 0.6 is 0 Å². The highest BCUT2D eigenvalue weighted by Crippen LogP contribution is 2.17. The molecule has 19 heavy (non-hydrogen) atoms. The molecule has 1 atom stereocenters. The lowest BCUT2D eigenvalue weighted by Gasteiger charge is -2.05. The smallest absolute Gasteiger partial charge is 0.0512 e. The monoisotopic (exact) mass is 256 g/mol. The van der Waals surface area contributed by atoms with Gasteiger partial charge in [-0.3, -0.25) is 0 Å². The Labute approximate surface area is 116 Å². The lowest BCUT2D eigenvalue weighted by molar-refractivity contribution is 0.180. The third-order valence-corrected chi connectivity index (χ3v) is 3.65. The Morgan fingerprint density at radius 2 is 1.63 bits per heavy atom. The molecule has 1 nitrogen and oxygen atoms in total. The molecule has 0 radical (unpaired) electrons. The fourth-order valence-corrected chi connectivity index (χ4v) is 2.52. The molecule has 1 heteroatoms. The molecule has 0 fully saturated rings. The molecule has 2 rings (SSSR count). The van der Waals surface area contributed by atoms with E-state index in [0.717, 1.165) is 12.8 Å². The summed E-state index contributed by atoms with van der Waals surface area (Å²) in [7, 11) is 0. The largest absolute Gasteiger partial charge is 0.393 e. The van der Waals surface area contributed by atoms with Crippen molar-refractivity contribution in [2.24, 2.45) is 0 Å². The Morgan fingerprint density at radius 1 is 0.895 bits per heavy atom. The van der Waals surface area contributed by atoms with E-state index in [9.17, 15) is 5.11 Å². The number of aliphatic hydroxyl groups excluding tert-OH is 1. The molecule has 2 aromatic rings. The molecule has 0 spiro atoms.